The number of aryl methyl sites for hydroxylation is 1. The first kappa shape index (κ1) is 20.1. The highest BCUT2D eigenvalue weighted by Crippen LogP contribution is 2.35. The van der Waals surface area contributed by atoms with E-state index < -0.39 is 0 Å². The zero-order chi connectivity index (χ0) is 21.3. The Bertz CT molecular complexity index is 1300. The smallest absolute Gasteiger partial charge is 0.262 e. The minimum absolute atomic E-state index is 0.151. The number of hydrogen-bond acceptors (Lipinski definition) is 5. The van der Waals surface area contributed by atoms with Gasteiger partial charge in [0.25, 0.3) is 5.56 Å². The summed E-state index contributed by atoms with van der Waals surface area (Å²) in [7, 11) is 1.52. The van der Waals surface area contributed by atoms with Crippen LogP contribution in [0.15, 0.2) is 59.7 Å². The molecule has 0 bridgehead atoms. The number of hydrogen-bond donors (Lipinski definition) is 1. The van der Waals surface area contributed by atoms with Gasteiger partial charge in [0, 0.05) is 10.6 Å². The first-order chi connectivity index (χ1) is 14.5. The highest BCUT2D eigenvalue weighted by atomic mass is 35.5. The van der Waals surface area contributed by atoms with Gasteiger partial charge in [0.05, 0.1) is 23.8 Å². The summed E-state index contributed by atoms with van der Waals surface area (Å²) < 4.78 is 6.42. The lowest BCUT2D eigenvalue weighted by atomic mass is 10.1. The Morgan fingerprint density at radius 1 is 1.23 bits per heavy atom. The fourth-order valence-electron chi connectivity index (χ4n) is 3.24. The van der Waals surface area contributed by atoms with Crippen molar-refractivity contribution in [1.29, 1.82) is 0 Å². The molecule has 0 saturated carbocycles. The lowest BCUT2D eigenvalue weighted by Gasteiger charge is -2.09. The zero-order valence-corrected chi connectivity index (χ0v) is 17.9. The number of nitrogens with one attached hydrogen (secondary N) is 1. The quantitative estimate of drug-likeness (QED) is 0.487. The standard InChI is InChI=1S/C22H18ClN3O3S/c1-13-19-21(30-20(13)14-6-4-3-5-7-14)24-12-26(22(19)28)11-18(27)25-15-8-9-17(29-2)16(23)10-15/h3-10,12H,11H2,1-2H3,(H,25,27). The number of aromatic nitrogens is 2. The van der Waals surface area contributed by atoms with Crippen LogP contribution in [0.2, 0.25) is 5.02 Å². The van der Waals surface area contributed by atoms with Gasteiger partial charge < -0.3 is 10.1 Å². The molecule has 0 aliphatic heterocycles. The lowest BCUT2D eigenvalue weighted by Crippen LogP contribution is -2.27. The maximum Gasteiger partial charge on any atom is 0.262 e. The molecule has 0 aliphatic rings. The van der Waals surface area contributed by atoms with Gasteiger partial charge in [-0.2, -0.15) is 0 Å². The second-order valence-corrected chi connectivity index (χ2v) is 8.08. The van der Waals surface area contributed by atoms with E-state index in [1.165, 1.54) is 29.3 Å². The van der Waals surface area contributed by atoms with Gasteiger partial charge in [0.15, 0.2) is 0 Å². The van der Waals surface area contributed by atoms with Crippen molar-refractivity contribution in [2.45, 2.75) is 13.5 Å². The van der Waals surface area contributed by atoms with Crippen molar-refractivity contribution in [2.75, 3.05) is 12.4 Å². The van der Waals surface area contributed by atoms with E-state index in [1.54, 1.807) is 18.2 Å². The van der Waals surface area contributed by atoms with Gasteiger partial charge in [-0.05, 0) is 36.2 Å². The number of rotatable bonds is 5. The minimum Gasteiger partial charge on any atom is -0.495 e. The Balaban J connectivity index is 1.61. The molecule has 2 aromatic heterocycles. The van der Waals surface area contributed by atoms with E-state index >= 15 is 0 Å². The zero-order valence-electron chi connectivity index (χ0n) is 16.3. The number of anilines is 1. The normalized spacial score (nSPS) is 10.9. The van der Waals surface area contributed by atoms with Crippen LogP contribution in [0.1, 0.15) is 5.56 Å². The predicted octanol–water partition coefficient (Wildman–Crippen LogP) is 4.73. The number of halogens is 1. The molecule has 0 aliphatic carbocycles. The summed E-state index contributed by atoms with van der Waals surface area (Å²) in [4.78, 5) is 31.6. The Morgan fingerprint density at radius 2 is 2.00 bits per heavy atom. The lowest BCUT2D eigenvalue weighted by molar-refractivity contribution is -0.116. The summed E-state index contributed by atoms with van der Waals surface area (Å²) >= 11 is 7.57. The molecule has 0 fully saturated rings. The van der Waals surface area contributed by atoms with E-state index in [0.29, 0.717) is 26.7 Å². The second-order valence-electron chi connectivity index (χ2n) is 6.68. The van der Waals surface area contributed by atoms with Gasteiger partial charge >= 0.3 is 0 Å². The number of amides is 1. The van der Waals surface area contributed by atoms with Crippen molar-refractivity contribution >= 4 is 44.7 Å². The number of ether oxygens (including phenoxy) is 1. The topological polar surface area (TPSA) is 73.2 Å². The van der Waals surface area contributed by atoms with Gasteiger partial charge in [0.2, 0.25) is 5.91 Å². The molecule has 4 aromatic rings. The highest BCUT2D eigenvalue weighted by Gasteiger charge is 2.17. The number of nitrogens with zero attached hydrogens (tertiary/aromatic N) is 2. The Morgan fingerprint density at radius 3 is 2.70 bits per heavy atom. The molecule has 0 atom stereocenters. The summed E-state index contributed by atoms with van der Waals surface area (Å²) in [5, 5.41) is 3.67. The molecule has 0 unspecified atom stereocenters. The van der Waals surface area contributed by atoms with E-state index in [-0.39, 0.29) is 18.0 Å². The van der Waals surface area contributed by atoms with Crippen LogP contribution in [0.25, 0.3) is 20.7 Å². The van der Waals surface area contributed by atoms with Crippen LogP contribution >= 0.6 is 22.9 Å². The molecule has 0 saturated heterocycles. The van der Waals surface area contributed by atoms with Gasteiger partial charge in [-0.25, -0.2) is 4.98 Å². The minimum atomic E-state index is -0.351. The fraction of sp³-hybridized carbons (Fsp3) is 0.136. The first-order valence-corrected chi connectivity index (χ1v) is 10.3. The van der Waals surface area contributed by atoms with Crippen molar-refractivity contribution in [3.8, 4) is 16.2 Å². The molecule has 30 heavy (non-hydrogen) atoms. The number of carbonyl (C=O) groups is 1. The van der Waals surface area contributed by atoms with Crippen molar-refractivity contribution in [1.82, 2.24) is 9.55 Å². The molecule has 8 heteroatoms. The number of carbonyl (C=O) groups excluding carboxylic acids is 1. The fourth-order valence-corrected chi connectivity index (χ4v) is 4.64. The van der Waals surface area contributed by atoms with Crippen LogP contribution < -0.4 is 15.6 Å². The van der Waals surface area contributed by atoms with Crippen LogP contribution in [-0.4, -0.2) is 22.6 Å². The number of benzene rings is 2. The van der Waals surface area contributed by atoms with Crippen LogP contribution in [-0.2, 0) is 11.3 Å². The molecule has 0 spiro atoms. The summed E-state index contributed by atoms with van der Waals surface area (Å²) in [5.41, 5.74) is 2.19. The molecule has 2 heterocycles. The van der Waals surface area contributed by atoms with Crippen molar-refractivity contribution in [2.24, 2.45) is 0 Å². The monoisotopic (exact) mass is 439 g/mol. The van der Waals surface area contributed by atoms with Crippen LogP contribution in [0.5, 0.6) is 5.75 Å². The molecule has 6 nitrogen and oxygen atoms in total. The summed E-state index contributed by atoms with van der Waals surface area (Å²) in [6, 6.07) is 14.8. The van der Waals surface area contributed by atoms with Gasteiger partial charge in [-0.3, -0.25) is 14.2 Å². The Kier molecular flexibility index (Phi) is 5.57. The van der Waals surface area contributed by atoms with E-state index in [2.05, 4.69) is 10.3 Å². The third-order valence-corrected chi connectivity index (χ3v) is 6.25. The summed E-state index contributed by atoms with van der Waals surface area (Å²) in [6.07, 6.45) is 1.41. The van der Waals surface area contributed by atoms with E-state index in [0.717, 1.165) is 16.0 Å². The summed E-state index contributed by atoms with van der Waals surface area (Å²) in [6.45, 7) is 1.76. The third kappa shape index (κ3) is 3.81. The van der Waals surface area contributed by atoms with Crippen molar-refractivity contribution in [3.63, 3.8) is 0 Å². The predicted molar refractivity (Wildman–Crippen MR) is 121 cm³/mol. The second kappa shape index (κ2) is 8.30. The molecular weight excluding hydrogens is 422 g/mol. The van der Waals surface area contributed by atoms with Crippen LogP contribution in [0.4, 0.5) is 5.69 Å². The van der Waals surface area contributed by atoms with Gasteiger partial charge in [-0.15, -0.1) is 11.3 Å². The number of thiophene rings is 1. The van der Waals surface area contributed by atoms with Crippen molar-refractivity contribution in [3.05, 3.63) is 75.8 Å². The molecule has 1 amide bonds. The molecular formula is C22H18ClN3O3S. The Labute approximate surface area is 181 Å². The highest BCUT2D eigenvalue weighted by molar-refractivity contribution is 7.22. The maximum atomic E-state index is 13.0. The van der Waals surface area contributed by atoms with E-state index in [4.69, 9.17) is 16.3 Å². The molecule has 0 radical (unpaired) electrons. The number of fused-ring (bicyclic) bond motifs is 1. The van der Waals surface area contributed by atoms with Crippen LogP contribution in [0, 0.1) is 6.92 Å². The maximum absolute atomic E-state index is 13.0. The summed E-state index contributed by atoms with van der Waals surface area (Å²) in [5.74, 6) is 0.165. The molecule has 4 rings (SSSR count). The largest absolute Gasteiger partial charge is 0.495 e. The average Bonchev–Trinajstić information content (AvgIpc) is 3.08. The van der Waals surface area contributed by atoms with Gasteiger partial charge in [0.1, 0.15) is 17.1 Å². The van der Waals surface area contributed by atoms with Crippen molar-refractivity contribution < 1.29 is 9.53 Å². The average molecular weight is 440 g/mol. The molecule has 152 valence electrons. The number of methoxy groups -OCH3 is 1. The van der Waals surface area contributed by atoms with Crippen LogP contribution in [0.3, 0.4) is 0 Å². The van der Waals surface area contributed by atoms with E-state index in [9.17, 15) is 9.59 Å². The van der Waals surface area contributed by atoms with Gasteiger partial charge in [-0.1, -0.05) is 41.9 Å². The van der Waals surface area contributed by atoms with E-state index in [1.807, 2.05) is 37.3 Å². The Hall–Kier alpha value is -3.16. The first-order valence-electron chi connectivity index (χ1n) is 9.15. The third-order valence-electron chi connectivity index (χ3n) is 4.70. The molecule has 2 aromatic carbocycles. The SMILES string of the molecule is COc1ccc(NC(=O)Cn2cnc3sc(-c4ccccc4)c(C)c3c2=O)cc1Cl. The molecule has 1 N–H and O–H groups in total.